The van der Waals surface area contributed by atoms with Crippen LogP contribution in [0.25, 0.3) is 0 Å². The van der Waals surface area contributed by atoms with Crippen molar-refractivity contribution in [2.75, 3.05) is 0 Å². The molecule has 2 rings (SSSR count). The molecule has 2 aromatic rings. The first kappa shape index (κ1) is 15.1. The Bertz CT molecular complexity index is 551. The van der Waals surface area contributed by atoms with Gasteiger partial charge in [-0.1, -0.05) is 43.3 Å². The van der Waals surface area contributed by atoms with Gasteiger partial charge in [-0.15, -0.1) is 11.8 Å². The average Bonchev–Trinajstić information content (AvgIpc) is 2.48. The van der Waals surface area contributed by atoms with Crippen molar-refractivity contribution in [3.63, 3.8) is 0 Å². The lowest BCUT2D eigenvalue weighted by Crippen LogP contribution is -2.23. The molecule has 0 fully saturated rings. The van der Waals surface area contributed by atoms with Crippen LogP contribution in [0.5, 0.6) is 0 Å². The van der Waals surface area contributed by atoms with E-state index in [0.29, 0.717) is 5.25 Å². The van der Waals surface area contributed by atoms with Crippen molar-refractivity contribution < 1.29 is 0 Å². The van der Waals surface area contributed by atoms with Gasteiger partial charge < -0.3 is 5.73 Å². The van der Waals surface area contributed by atoms with Gasteiger partial charge in [0.2, 0.25) is 0 Å². The summed E-state index contributed by atoms with van der Waals surface area (Å²) in [4.78, 5) is 1.31. The summed E-state index contributed by atoms with van der Waals surface area (Å²) < 4.78 is 0. The number of nitrogens with two attached hydrogens (primary N) is 1. The number of hydrogen-bond donors (Lipinski definition) is 1. The van der Waals surface area contributed by atoms with Gasteiger partial charge in [0.15, 0.2) is 0 Å². The highest BCUT2D eigenvalue weighted by molar-refractivity contribution is 8.00. The molecule has 0 aliphatic heterocycles. The van der Waals surface area contributed by atoms with Crippen LogP contribution in [-0.2, 0) is 0 Å². The van der Waals surface area contributed by atoms with Crippen molar-refractivity contribution in [1.82, 2.24) is 0 Å². The van der Waals surface area contributed by atoms with Crippen molar-refractivity contribution in [2.24, 2.45) is 5.73 Å². The Morgan fingerprint density at radius 2 is 1.70 bits per heavy atom. The van der Waals surface area contributed by atoms with Crippen molar-refractivity contribution >= 4 is 11.8 Å². The van der Waals surface area contributed by atoms with Crippen LogP contribution in [0.15, 0.2) is 53.4 Å². The molecule has 0 aromatic heterocycles. The Kier molecular flexibility index (Phi) is 5.27. The number of rotatable bonds is 5. The fourth-order valence-electron chi connectivity index (χ4n) is 2.26. The summed E-state index contributed by atoms with van der Waals surface area (Å²) >= 11 is 1.89. The lowest BCUT2D eigenvalue weighted by Gasteiger charge is -2.23. The fraction of sp³-hybridized carbons (Fsp3) is 0.333. The minimum absolute atomic E-state index is 0.0767. The summed E-state index contributed by atoms with van der Waals surface area (Å²) in [7, 11) is 0. The van der Waals surface area contributed by atoms with Crippen LogP contribution in [0.1, 0.15) is 36.1 Å². The molecular weight excluding hydrogens is 262 g/mol. The van der Waals surface area contributed by atoms with Gasteiger partial charge in [-0.25, -0.2) is 0 Å². The van der Waals surface area contributed by atoms with Crippen LogP contribution in [-0.4, -0.2) is 5.25 Å². The van der Waals surface area contributed by atoms with Crippen LogP contribution in [0.4, 0.5) is 0 Å². The average molecular weight is 285 g/mol. The maximum atomic E-state index is 6.44. The van der Waals surface area contributed by atoms with Gasteiger partial charge >= 0.3 is 0 Å². The lowest BCUT2D eigenvalue weighted by atomic mass is 10.0. The van der Waals surface area contributed by atoms with Crippen molar-refractivity contribution in [1.29, 1.82) is 0 Å². The van der Waals surface area contributed by atoms with Crippen molar-refractivity contribution in [3.05, 3.63) is 65.2 Å². The molecule has 0 bridgehead atoms. The fourth-order valence-corrected chi connectivity index (χ4v) is 3.47. The Balaban J connectivity index is 2.14. The molecule has 0 radical (unpaired) electrons. The quantitative estimate of drug-likeness (QED) is 0.793. The molecule has 0 amide bonds. The molecule has 0 saturated heterocycles. The summed E-state index contributed by atoms with van der Waals surface area (Å²) in [5.74, 6) is 0. The van der Waals surface area contributed by atoms with Gasteiger partial charge in [0.05, 0.1) is 0 Å². The molecule has 0 saturated carbocycles. The highest BCUT2D eigenvalue weighted by Crippen LogP contribution is 2.33. The molecule has 0 aliphatic carbocycles. The second-order valence-corrected chi connectivity index (χ2v) is 6.56. The predicted octanol–water partition coefficient (Wildman–Crippen LogP) is 4.87. The third-order valence-electron chi connectivity index (χ3n) is 3.75. The lowest BCUT2D eigenvalue weighted by molar-refractivity contribution is 0.656. The normalized spacial score (nSPS) is 14.0. The number of aryl methyl sites for hydroxylation is 2. The van der Waals surface area contributed by atoms with Gasteiger partial charge in [-0.2, -0.15) is 0 Å². The molecule has 2 heteroatoms. The molecule has 2 unspecified atom stereocenters. The first-order valence-corrected chi connectivity index (χ1v) is 8.04. The van der Waals surface area contributed by atoms with E-state index >= 15 is 0 Å². The smallest absolute Gasteiger partial charge is 0.0418 e. The van der Waals surface area contributed by atoms with Crippen LogP contribution < -0.4 is 5.73 Å². The van der Waals surface area contributed by atoms with E-state index in [1.165, 1.54) is 21.6 Å². The number of hydrogen-bond acceptors (Lipinski definition) is 2. The van der Waals surface area contributed by atoms with E-state index in [1.54, 1.807) is 0 Å². The third kappa shape index (κ3) is 3.65. The Morgan fingerprint density at radius 3 is 2.30 bits per heavy atom. The Hall–Kier alpha value is -1.25. The predicted molar refractivity (Wildman–Crippen MR) is 89.2 cm³/mol. The molecule has 2 aromatic carbocycles. The Morgan fingerprint density at radius 1 is 1.00 bits per heavy atom. The highest BCUT2D eigenvalue weighted by atomic mass is 32.2. The van der Waals surface area contributed by atoms with E-state index in [9.17, 15) is 0 Å². The maximum Gasteiger partial charge on any atom is 0.0418 e. The second-order valence-electron chi connectivity index (χ2n) is 5.25. The van der Waals surface area contributed by atoms with Gasteiger partial charge in [0.1, 0.15) is 0 Å². The number of thioether (sulfide) groups is 1. The molecule has 20 heavy (non-hydrogen) atoms. The van der Waals surface area contributed by atoms with E-state index in [2.05, 4.69) is 63.2 Å². The summed E-state index contributed by atoms with van der Waals surface area (Å²) in [5.41, 5.74) is 10.4. The zero-order valence-electron chi connectivity index (χ0n) is 12.5. The van der Waals surface area contributed by atoms with Crippen LogP contribution in [0.3, 0.4) is 0 Å². The molecule has 106 valence electrons. The Labute approximate surface area is 126 Å². The first-order chi connectivity index (χ1) is 9.61. The molecule has 0 aliphatic rings. The van der Waals surface area contributed by atoms with E-state index in [0.717, 1.165) is 6.42 Å². The largest absolute Gasteiger partial charge is 0.323 e. The van der Waals surface area contributed by atoms with E-state index in [-0.39, 0.29) is 6.04 Å². The van der Waals surface area contributed by atoms with Crippen molar-refractivity contribution in [3.8, 4) is 0 Å². The van der Waals surface area contributed by atoms with Crippen LogP contribution >= 0.6 is 11.8 Å². The zero-order chi connectivity index (χ0) is 14.5. The topological polar surface area (TPSA) is 26.0 Å². The SMILES string of the molecule is CCC(Sc1ccc(C)c(C)c1)C(N)c1ccccc1. The third-order valence-corrected chi connectivity index (χ3v) is 5.21. The van der Waals surface area contributed by atoms with E-state index in [1.807, 2.05) is 17.8 Å². The monoisotopic (exact) mass is 285 g/mol. The molecule has 2 N–H and O–H groups in total. The summed E-state index contributed by atoms with van der Waals surface area (Å²) in [6, 6.07) is 17.1. The first-order valence-electron chi connectivity index (χ1n) is 7.16. The minimum Gasteiger partial charge on any atom is -0.323 e. The summed E-state index contributed by atoms with van der Waals surface area (Å²) in [6.07, 6.45) is 1.06. The number of benzene rings is 2. The van der Waals surface area contributed by atoms with Crippen molar-refractivity contribution in [2.45, 2.75) is 43.4 Å². The standard InChI is InChI=1S/C18H23NS/c1-4-17(18(19)15-8-6-5-7-9-15)20-16-11-10-13(2)14(3)12-16/h5-12,17-18H,4,19H2,1-3H3. The van der Waals surface area contributed by atoms with Crippen LogP contribution in [0.2, 0.25) is 0 Å². The molecule has 1 nitrogen and oxygen atoms in total. The van der Waals surface area contributed by atoms with Gasteiger partial charge in [0, 0.05) is 16.2 Å². The second kappa shape index (κ2) is 6.96. The molecule has 0 heterocycles. The summed E-state index contributed by atoms with van der Waals surface area (Å²) in [5, 5.41) is 0.402. The van der Waals surface area contributed by atoms with Gasteiger partial charge in [0.25, 0.3) is 0 Å². The zero-order valence-corrected chi connectivity index (χ0v) is 13.3. The van der Waals surface area contributed by atoms with Gasteiger partial charge in [-0.05, 0) is 49.1 Å². The van der Waals surface area contributed by atoms with E-state index < -0.39 is 0 Å². The van der Waals surface area contributed by atoms with E-state index in [4.69, 9.17) is 5.73 Å². The maximum absolute atomic E-state index is 6.44. The van der Waals surface area contributed by atoms with Gasteiger partial charge in [-0.3, -0.25) is 0 Å². The van der Waals surface area contributed by atoms with Crippen LogP contribution in [0, 0.1) is 13.8 Å². The minimum atomic E-state index is 0.0767. The molecule has 0 spiro atoms. The molecule has 2 atom stereocenters. The highest BCUT2D eigenvalue weighted by Gasteiger charge is 2.19. The summed E-state index contributed by atoms with van der Waals surface area (Å²) in [6.45, 7) is 6.52. The molecular formula is C18H23NS.